The van der Waals surface area contributed by atoms with Gasteiger partial charge >= 0.3 is 0 Å². The third-order valence-electron chi connectivity index (χ3n) is 2.46. The number of hydrogen-bond acceptors (Lipinski definition) is 5. The summed E-state index contributed by atoms with van der Waals surface area (Å²) in [6.45, 7) is 2.03. The Morgan fingerprint density at radius 2 is 2.56 bits per heavy atom. The minimum atomic E-state index is -0.0624. The van der Waals surface area contributed by atoms with Crippen LogP contribution in [0.2, 0.25) is 0 Å². The summed E-state index contributed by atoms with van der Waals surface area (Å²) >= 11 is 0. The molecule has 16 heavy (non-hydrogen) atoms. The number of aromatic nitrogens is 2. The lowest BCUT2D eigenvalue weighted by molar-refractivity contribution is 0.165. The molecule has 0 radical (unpaired) electrons. The lowest BCUT2D eigenvalue weighted by Gasteiger charge is -2.11. The lowest BCUT2D eigenvalue weighted by atomic mass is 10.1. The molecule has 1 aliphatic heterocycles. The van der Waals surface area contributed by atoms with Crippen molar-refractivity contribution in [2.45, 2.75) is 6.42 Å². The molecule has 1 atom stereocenters. The van der Waals surface area contributed by atoms with Gasteiger partial charge in [0.05, 0.1) is 25.0 Å². The highest BCUT2D eigenvalue weighted by Crippen LogP contribution is 2.17. The summed E-state index contributed by atoms with van der Waals surface area (Å²) in [6.07, 6.45) is 2.48. The normalized spacial score (nSPS) is 19.6. The van der Waals surface area contributed by atoms with Gasteiger partial charge in [-0.1, -0.05) is 0 Å². The largest absolute Gasteiger partial charge is 0.476 e. The van der Waals surface area contributed by atoms with E-state index in [-0.39, 0.29) is 5.84 Å². The first kappa shape index (κ1) is 10.8. The van der Waals surface area contributed by atoms with Gasteiger partial charge in [-0.05, 0) is 12.5 Å². The molecule has 0 saturated carbocycles. The molecule has 86 valence electrons. The molecule has 6 nitrogen and oxygen atoms in total. The van der Waals surface area contributed by atoms with E-state index in [9.17, 15) is 0 Å². The van der Waals surface area contributed by atoms with Gasteiger partial charge < -0.3 is 15.2 Å². The third kappa shape index (κ3) is 2.46. The van der Waals surface area contributed by atoms with E-state index in [1.54, 1.807) is 6.07 Å². The van der Waals surface area contributed by atoms with Crippen molar-refractivity contribution in [3.05, 3.63) is 17.8 Å². The van der Waals surface area contributed by atoms with Gasteiger partial charge in [0, 0.05) is 12.5 Å². The number of rotatable bonds is 4. The van der Waals surface area contributed by atoms with E-state index in [0.717, 1.165) is 19.6 Å². The molecule has 2 heterocycles. The number of nitrogens with zero attached hydrogens (tertiary/aromatic N) is 2. The second kappa shape index (κ2) is 4.89. The van der Waals surface area contributed by atoms with E-state index in [4.69, 9.17) is 20.6 Å². The summed E-state index contributed by atoms with van der Waals surface area (Å²) in [5.41, 5.74) is 5.89. The molecule has 3 N–H and O–H groups in total. The second-order valence-electron chi connectivity index (χ2n) is 3.70. The molecule has 0 spiro atoms. The van der Waals surface area contributed by atoms with Gasteiger partial charge in [-0.25, -0.2) is 0 Å². The quantitative estimate of drug-likeness (QED) is 0.559. The Bertz CT molecular complexity index is 377. The highest BCUT2D eigenvalue weighted by atomic mass is 16.5. The molecular formula is C10H14N4O2. The highest BCUT2D eigenvalue weighted by Gasteiger charge is 2.17. The summed E-state index contributed by atoms with van der Waals surface area (Å²) in [6, 6.07) is 1.62. The van der Waals surface area contributed by atoms with Crippen LogP contribution < -0.4 is 10.5 Å². The minimum Gasteiger partial charge on any atom is -0.476 e. The van der Waals surface area contributed by atoms with E-state index in [2.05, 4.69) is 10.2 Å². The van der Waals surface area contributed by atoms with Crippen molar-refractivity contribution in [3.8, 4) is 5.88 Å². The molecule has 1 fully saturated rings. The monoisotopic (exact) mass is 222 g/mol. The van der Waals surface area contributed by atoms with Crippen LogP contribution in [0.5, 0.6) is 5.88 Å². The van der Waals surface area contributed by atoms with Gasteiger partial charge in [0.1, 0.15) is 5.84 Å². The van der Waals surface area contributed by atoms with E-state index in [0.29, 0.717) is 24.0 Å². The topological polar surface area (TPSA) is 94.1 Å². The maximum absolute atomic E-state index is 7.37. The molecule has 0 aromatic carbocycles. The van der Waals surface area contributed by atoms with E-state index in [1.165, 1.54) is 6.20 Å². The third-order valence-corrected chi connectivity index (χ3v) is 2.46. The Kier molecular flexibility index (Phi) is 3.31. The summed E-state index contributed by atoms with van der Waals surface area (Å²) in [7, 11) is 0. The van der Waals surface area contributed by atoms with Crippen molar-refractivity contribution in [2.75, 3.05) is 19.8 Å². The first-order valence-electron chi connectivity index (χ1n) is 5.14. The molecule has 1 aliphatic rings. The van der Waals surface area contributed by atoms with Crippen LogP contribution in [0.25, 0.3) is 0 Å². The highest BCUT2D eigenvalue weighted by molar-refractivity contribution is 5.96. The first-order chi connectivity index (χ1) is 7.77. The van der Waals surface area contributed by atoms with Crippen LogP contribution in [0, 0.1) is 11.3 Å². The van der Waals surface area contributed by atoms with Crippen molar-refractivity contribution < 1.29 is 9.47 Å². The van der Waals surface area contributed by atoms with Crippen molar-refractivity contribution in [2.24, 2.45) is 11.7 Å². The van der Waals surface area contributed by atoms with Gasteiger partial charge in [0.25, 0.3) is 0 Å². The van der Waals surface area contributed by atoms with Crippen molar-refractivity contribution in [3.63, 3.8) is 0 Å². The van der Waals surface area contributed by atoms with Gasteiger partial charge in [0.15, 0.2) is 0 Å². The molecule has 2 rings (SSSR count). The van der Waals surface area contributed by atoms with E-state index in [1.807, 2.05) is 0 Å². The Morgan fingerprint density at radius 1 is 1.69 bits per heavy atom. The van der Waals surface area contributed by atoms with Crippen molar-refractivity contribution >= 4 is 5.84 Å². The van der Waals surface area contributed by atoms with Crippen LogP contribution in [0.3, 0.4) is 0 Å². The standard InChI is InChI=1S/C10H14N4O2/c11-9(12)8-1-3-13-14-10(8)16-6-7-2-4-15-5-7/h1,3,7H,2,4-6H2,(H3,11,12). The van der Waals surface area contributed by atoms with Crippen LogP contribution in [-0.2, 0) is 4.74 Å². The molecule has 1 unspecified atom stereocenters. The fraction of sp³-hybridized carbons (Fsp3) is 0.500. The zero-order chi connectivity index (χ0) is 11.4. The average molecular weight is 222 g/mol. The molecule has 0 amide bonds. The second-order valence-corrected chi connectivity index (χ2v) is 3.70. The SMILES string of the molecule is N=C(N)c1ccnnc1OCC1CCOC1. The van der Waals surface area contributed by atoms with Crippen LogP contribution in [0.1, 0.15) is 12.0 Å². The Labute approximate surface area is 93.3 Å². The fourth-order valence-corrected chi connectivity index (χ4v) is 1.54. The Balaban J connectivity index is 2.00. The molecule has 1 aromatic rings. The summed E-state index contributed by atoms with van der Waals surface area (Å²) in [5, 5.41) is 14.9. The maximum Gasteiger partial charge on any atom is 0.244 e. The van der Waals surface area contributed by atoms with Gasteiger partial charge in [-0.3, -0.25) is 5.41 Å². The van der Waals surface area contributed by atoms with Crippen LogP contribution >= 0.6 is 0 Å². The molecule has 1 aromatic heterocycles. The Hall–Kier alpha value is -1.69. The zero-order valence-electron chi connectivity index (χ0n) is 8.85. The number of nitrogen functional groups attached to an aromatic ring is 1. The summed E-state index contributed by atoms with van der Waals surface area (Å²) < 4.78 is 10.7. The minimum absolute atomic E-state index is 0.0624. The van der Waals surface area contributed by atoms with Crippen molar-refractivity contribution in [1.29, 1.82) is 5.41 Å². The molecule has 0 aliphatic carbocycles. The molecule has 1 saturated heterocycles. The fourth-order valence-electron chi connectivity index (χ4n) is 1.54. The predicted octanol–water partition coefficient (Wildman–Crippen LogP) is 0.176. The van der Waals surface area contributed by atoms with Gasteiger partial charge in [-0.2, -0.15) is 5.10 Å². The summed E-state index contributed by atoms with van der Waals surface area (Å²) in [4.78, 5) is 0. The van der Waals surface area contributed by atoms with Gasteiger partial charge in [0.2, 0.25) is 5.88 Å². The first-order valence-corrected chi connectivity index (χ1v) is 5.14. The van der Waals surface area contributed by atoms with Gasteiger partial charge in [-0.15, -0.1) is 5.10 Å². The number of amidine groups is 1. The molecule has 6 heteroatoms. The zero-order valence-corrected chi connectivity index (χ0v) is 8.85. The number of nitrogens with one attached hydrogen (secondary N) is 1. The predicted molar refractivity (Wildman–Crippen MR) is 57.5 cm³/mol. The number of nitrogens with two attached hydrogens (primary N) is 1. The summed E-state index contributed by atoms with van der Waals surface area (Å²) in [5.74, 6) is 0.649. The smallest absolute Gasteiger partial charge is 0.244 e. The number of hydrogen-bond donors (Lipinski definition) is 2. The van der Waals surface area contributed by atoms with Crippen LogP contribution in [-0.4, -0.2) is 35.9 Å². The van der Waals surface area contributed by atoms with Crippen LogP contribution in [0.4, 0.5) is 0 Å². The van der Waals surface area contributed by atoms with Crippen LogP contribution in [0.15, 0.2) is 12.3 Å². The maximum atomic E-state index is 7.37. The molecule has 0 bridgehead atoms. The number of ether oxygens (including phenoxy) is 2. The lowest BCUT2D eigenvalue weighted by Crippen LogP contribution is -2.17. The molecular weight excluding hydrogens is 208 g/mol. The van der Waals surface area contributed by atoms with Crippen molar-refractivity contribution in [1.82, 2.24) is 10.2 Å². The van der Waals surface area contributed by atoms with E-state index < -0.39 is 0 Å². The van der Waals surface area contributed by atoms with E-state index >= 15 is 0 Å². The Morgan fingerprint density at radius 3 is 3.25 bits per heavy atom. The average Bonchev–Trinajstić information content (AvgIpc) is 2.79.